The van der Waals surface area contributed by atoms with E-state index >= 15 is 0 Å². The molecule has 1 unspecified atom stereocenters. The zero-order valence-corrected chi connectivity index (χ0v) is 31.3. The number of aliphatic hydroxyl groups is 1. The number of hydrazine groups is 1. The number of hydrazone groups is 2. The molecule has 6 rings (SSSR count). The number of hydrogen-bond acceptors (Lipinski definition) is 17. The van der Waals surface area contributed by atoms with Gasteiger partial charge in [-0.15, -0.1) is 15.3 Å². The van der Waals surface area contributed by atoms with E-state index in [1.807, 2.05) is 0 Å². The number of rotatable bonds is 11. The van der Waals surface area contributed by atoms with Gasteiger partial charge in [0.25, 0.3) is 11.8 Å². The smallest absolute Gasteiger partial charge is 0.545 e. The summed E-state index contributed by atoms with van der Waals surface area (Å²) in [5.74, 6) is -4.81. The van der Waals surface area contributed by atoms with Crippen molar-refractivity contribution in [1.82, 2.24) is 16.3 Å². The Morgan fingerprint density at radius 1 is 0.804 bits per heavy atom. The third-order valence-corrected chi connectivity index (χ3v) is 7.71. The first-order chi connectivity index (χ1) is 26.4. The molecular formula is C36H26N11NaO8. The predicted molar refractivity (Wildman–Crippen MR) is 196 cm³/mol. The van der Waals surface area contributed by atoms with Crippen molar-refractivity contribution < 1.29 is 68.5 Å². The molecule has 0 radical (unpaired) electrons. The van der Waals surface area contributed by atoms with Gasteiger partial charge >= 0.3 is 29.6 Å². The van der Waals surface area contributed by atoms with Crippen molar-refractivity contribution in [2.45, 2.75) is 13.0 Å². The molecule has 2 aromatic rings. The number of carbonyl (C=O) groups excluding carboxylic acids is 6. The van der Waals surface area contributed by atoms with E-state index in [4.69, 9.17) is 0 Å². The molecule has 2 aromatic carbocycles. The number of anilines is 2. The maximum Gasteiger partial charge on any atom is 1.00 e. The standard InChI is InChI=1S/C36H27N11O8.Na/c1-18-33(35(53)47-38-18)46-40-22-8-6-20(7-9-22)37-34(52)19-2-4-21(5-3-19)39-43-27-16-28(32(51)17-31(27)50)45-44-26-15-24(11-13-30(26)49)42-41-23-10-12-29(48)25(14-23)36(54)55;/h2-17,33,40,42,46,51H,1H3,(H,37,52)(H,47,53)(H,54,55);/q;+1/p-1/b41-23+,43-39?,44-26-,45-28-;. The maximum atomic E-state index is 12.8. The van der Waals surface area contributed by atoms with Crippen LogP contribution in [0.3, 0.4) is 0 Å². The molecule has 1 heterocycles. The topological polar surface area (TPSA) is 280 Å². The molecular weight excluding hydrogens is 737 g/mol. The Bertz CT molecular complexity index is 2380. The minimum Gasteiger partial charge on any atom is -0.545 e. The van der Waals surface area contributed by atoms with Crippen molar-refractivity contribution in [3.63, 3.8) is 0 Å². The van der Waals surface area contributed by atoms with Gasteiger partial charge in [-0.2, -0.15) is 15.3 Å². The molecule has 3 aliphatic carbocycles. The summed E-state index contributed by atoms with van der Waals surface area (Å²) >= 11 is 0. The van der Waals surface area contributed by atoms with Gasteiger partial charge in [-0.25, -0.2) is 10.9 Å². The third-order valence-electron chi connectivity index (χ3n) is 7.71. The molecule has 0 aromatic heterocycles. The second-order valence-electron chi connectivity index (χ2n) is 11.6. The van der Waals surface area contributed by atoms with Crippen LogP contribution in [0, 0.1) is 0 Å². The monoisotopic (exact) mass is 763 g/mol. The van der Waals surface area contributed by atoms with E-state index < -0.39 is 46.6 Å². The van der Waals surface area contributed by atoms with Crippen LogP contribution in [0.15, 0.2) is 150 Å². The van der Waals surface area contributed by atoms with Gasteiger partial charge in [0.15, 0.2) is 5.78 Å². The van der Waals surface area contributed by atoms with Gasteiger partial charge in [0.1, 0.15) is 28.9 Å². The Hall–Kier alpha value is -7.06. The zero-order chi connectivity index (χ0) is 39.1. The summed E-state index contributed by atoms with van der Waals surface area (Å²) in [4.78, 5) is 72.3. The summed E-state index contributed by atoms with van der Waals surface area (Å²) in [6.45, 7) is 1.71. The van der Waals surface area contributed by atoms with Gasteiger partial charge in [0, 0.05) is 34.7 Å². The van der Waals surface area contributed by atoms with E-state index in [2.05, 4.69) is 57.7 Å². The fourth-order valence-corrected chi connectivity index (χ4v) is 4.77. The van der Waals surface area contributed by atoms with Crippen LogP contribution in [-0.4, -0.2) is 69.1 Å². The molecule has 2 amide bonds. The van der Waals surface area contributed by atoms with Crippen LogP contribution in [0.25, 0.3) is 0 Å². The zero-order valence-electron chi connectivity index (χ0n) is 29.3. The van der Waals surface area contributed by atoms with Crippen LogP contribution in [0.1, 0.15) is 17.3 Å². The van der Waals surface area contributed by atoms with Crippen LogP contribution in [-0.2, 0) is 24.0 Å². The number of allylic oxidation sites excluding steroid dienone is 8. The number of aliphatic hydroxyl groups excluding tert-OH is 1. The molecule has 0 spiro atoms. The normalized spacial score (nSPS) is 19.9. The fourth-order valence-electron chi connectivity index (χ4n) is 4.77. The molecule has 274 valence electrons. The van der Waals surface area contributed by atoms with E-state index in [1.54, 1.807) is 31.2 Å². The van der Waals surface area contributed by atoms with E-state index in [0.29, 0.717) is 28.3 Å². The molecule has 6 N–H and O–H groups in total. The number of ketones is 3. The maximum absolute atomic E-state index is 12.8. The molecule has 0 bridgehead atoms. The number of carbonyl (C=O) groups is 6. The molecule has 56 heavy (non-hydrogen) atoms. The molecule has 1 atom stereocenters. The number of aliphatic carboxylic acids is 1. The van der Waals surface area contributed by atoms with Crippen molar-refractivity contribution in [3.05, 3.63) is 125 Å². The molecule has 1 aliphatic heterocycles. The quantitative estimate of drug-likeness (QED) is 0.0375. The minimum absolute atomic E-state index is 0. The largest absolute Gasteiger partial charge is 1.00 e. The van der Waals surface area contributed by atoms with Gasteiger partial charge in [0.2, 0.25) is 11.6 Å². The van der Waals surface area contributed by atoms with Gasteiger partial charge < -0.3 is 25.8 Å². The van der Waals surface area contributed by atoms with Crippen LogP contribution in [0.4, 0.5) is 17.1 Å². The van der Waals surface area contributed by atoms with Crippen LogP contribution in [0.5, 0.6) is 0 Å². The van der Waals surface area contributed by atoms with Crippen LogP contribution in [0.2, 0.25) is 0 Å². The van der Waals surface area contributed by atoms with Crippen molar-refractivity contribution in [2.75, 3.05) is 10.7 Å². The van der Waals surface area contributed by atoms with E-state index in [1.165, 1.54) is 48.6 Å². The number of carboxylic acid groups (broad SMARTS) is 1. The number of nitrogens with zero attached hydrogens (tertiary/aromatic N) is 6. The second-order valence-corrected chi connectivity index (χ2v) is 11.6. The summed E-state index contributed by atoms with van der Waals surface area (Å²) in [6, 6.07) is 12.2. The van der Waals surface area contributed by atoms with Crippen LogP contribution < -0.4 is 61.7 Å². The Kier molecular flexibility index (Phi) is 12.8. The van der Waals surface area contributed by atoms with Crippen molar-refractivity contribution in [3.8, 4) is 0 Å². The average molecular weight is 764 g/mol. The Balaban J connectivity index is 0.00000600. The first kappa shape index (κ1) is 40.1. The summed E-state index contributed by atoms with van der Waals surface area (Å²) < 4.78 is 0. The van der Waals surface area contributed by atoms with E-state index in [-0.39, 0.29) is 64.0 Å². The Labute approximate surface area is 338 Å². The van der Waals surface area contributed by atoms with Crippen LogP contribution >= 0.6 is 0 Å². The molecule has 0 fully saturated rings. The molecule has 4 aliphatic rings. The van der Waals surface area contributed by atoms with Gasteiger partial charge in [-0.05, 0) is 91.9 Å². The van der Waals surface area contributed by atoms with Gasteiger partial charge in [-0.1, -0.05) is 0 Å². The predicted octanol–water partition coefficient (Wildman–Crippen LogP) is -1.69. The van der Waals surface area contributed by atoms with Crippen molar-refractivity contribution in [2.24, 2.45) is 30.6 Å². The molecule has 20 heteroatoms. The molecule has 0 saturated heterocycles. The van der Waals surface area contributed by atoms with Crippen molar-refractivity contribution in [1.29, 1.82) is 0 Å². The molecule has 19 nitrogen and oxygen atoms in total. The number of hydrogen-bond donors (Lipinski definition) is 6. The number of nitrogens with one attached hydrogen (secondary N) is 5. The number of azo groups is 1. The van der Waals surface area contributed by atoms with Crippen molar-refractivity contribution >= 4 is 75.0 Å². The molecule has 0 saturated carbocycles. The second kappa shape index (κ2) is 17.8. The first-order valence-electron chi connectivity index (χ1n) is 16.0. The SMILES string of the molecule is CC1=NNC(=O)C1NNc1ccc(NC(=O)c2ccc(N=NC3=C/C(=N/N=C4/C=C(N/N=C5\C=CC(=O)C(C(=O)[O-])=C5)C=CC4=O)C(O)=CC3=O)cc2)cc1.[Na+]. The summed E-state index contributed by atoms with van der Waals surface area (Å²) in [6.07, 6.45) is 9.15. The summed E-state index contributed by atoms with van der Waals surface area (Å²) in [5.41, 5.74) is 12.4. The Morgan fingerprint density at radius 2 is 1.50 bits per heavy atom. The van der Waals surface area contributed by atoms with E-state index in [9.17, 15) is 39.0 Å². The van der Waals surface area contributed by atoms with Gasteiger partial charge in [0.05, 0.1) is 28.8 Å². The number of amides is 2. The average Bonchev–Trinajstić information content (AvgIpc) is 3.50. The number of carboxylic acids is 1. The Morgan fingerprint density at radius 3 is 2.20 bits per heavy atom. The van der Waals surface area contributed by atoms with E-state index in [0.717, 1.165) is 24.3 Å². The summed E-state index contributed by atoms with van der Waals surface area (Å²) in [7, 11) is 0. The van der Waals surface area contributed by atoms with Gasteiger partial charge in [-0.3, -0.25) is 29.4 Å². The summed E-state index contributed by atoms with van der Waals surface area (Å²) in [5, 5.41) is 47.8. The third kappa shape index (κ3) is 9.92. The number of benzene rings is 2. The fraction of sp³-hybridized carbons (Fsp3) is 0.0556. The minimum atomic E-state index is -1.65. The first-order valence-corrected chi connectivity index (χ1v) is 16.0.